The molecule has 0 spiro atoms. The van der Waals surface area contributed by atoms with Gasteiger partial charge in [0.25, 0.3) is 0 Å². The normalized spacial score (nSPS) is 19.3. The number of hydrogen-bond donors (Lipinski definition) is 1. The molecule has 0 aromatic heterocycles. The van der Waals surface area contributed by atoms with E-state index in [-0.39, 0.29) is 17.6 Å². The van der Waals surface area contributed by atoms with Gasteiger partial charge in [-0.25, -0.2) is 0 Å². The van der Waals surface area contributed by atoms with Gasteiger partial charge in [0.05, 0.1) is 0 Å². The van der Waals surface area contributed by atoms with E-state index in [0.29, 0.717) is 19.4 Å². The Kier molecular flexibility index (Phi) is 5.83. The van der Waals surface area contributed by atoms with Crippen LogP contribution in [0.5, 0.6) is 0 Å². The third-order valence-electron chi connectivity index (χ3n) is 5.04. The van der Waals surface area contributed by atoms with Gasteiger partial charge >= 0.3 is 0 Å². The van der Waals surface area contributed by atoms with Crippen LogP contribution in [0.15, 0.2) is 40.6 Å². The lowest BCUT2D eigenvalue weighted by Gasteiger charge is -2.27. The van der Waals surface area contributed by atoms with Crippen LogP contribution in [-0.2, 0) is 4.79 Å². The van der Waals surface area contributed by atoms with Gasteiger partial charge < -0.3 is 5.32 Å². The highest BCUT2D eigenvalue weighted by atomic mass is 16.1. The smallest absolute Gasteiger partial charge is 0.221 e. The Hall–Kier alpha value is -2.19. The lowest BCUT2D eigenvalue weighted by molar-refractivity contribution is -0.122. The Morgan fingerprint density at radius 2 is 1.96 bits per heavy atom. The predicted octanol–water partition coefficient (Wildman–Crippen LogP) is 3.30. The molecule has 25 heavy (non-hydrogen) atoms. The van der Waals surface area contributed by atoms with Gasteiger partial charge in [0.2, 0.25) is 5.91 Å². The van der Waals surface area contributed by atoms with Gasteiger partial charge in [0.1, 0.15) is 0 Å². The van der Waals surface area contributed by atoms with E-state index in [2.05, 4.69) is 38.5 Å². The monoisotopic (exact) mass is 338 g/mol. The summed E-state index contributed by atoms with van der Waals surface area (Å²) in [7, 11) is 0. The molecule has 0 radical (unpaired) electrons. The fraction of sp³-hybridized carbons (Fsp3) is 0.550. The molecular formula is C20H26N4O. The van der Waals surface area contributed by atoms with Crippen molar-refractivity contribution in [2.75, 3.05) is 19.6 Å². The van der Waals surface area contributed by atoms with Gasteiger partial charge in [0, 0.05) is 38.3 Å². The SMILES string of the molecule is C#CCCC1(CCNC(=O)CC(c2ccccc2)N2CCCC2)N=N1. The van der Waals surface area contributed by atoms with Crippen LogP contribution in [0.1, 0.15) is 50.1 Å². The van der Waals surface area contributed by atoms with Crippen molar-refractivity contribution in [2.24, 2.45) is 10.2 Å². The Morgan fingerprint density at radius 1 is 1.24 bits per heavy atom. The van der Waals surface area contributed by atoms with Crippen LogP contribution in [0, 0.1) is 12.3 Å². The van der Waals surface area contributed by atoms with E-state index in [0.717, 1.165) is 25.9 Å². The molecule has 0 saturated carbocycles. The first-order valence-corrected chi connectivity index (χ1v) is 9.16. The predicted molar refractivity (Wildman–Crippen MR) is 97.9 cm³/mol. The molecule has 132 valence electrons. The van der Waals surface area contributed by atoms with Crippen molar-refractivity contribution in [1.82, 2.24) is 10.2 Å². The van der Waals surface area contributed by atoms with Gasteiger partial charge in [-0.05, 0) is 31.5 Å². The van der Waals surface area contributed by atoms with E-state index in [1.54, 1.807) is 0 Å². The number of carbonyl (C=O) groups excluding carboxylic acids is 1. The molecule has 0 aliphatic carbocycles. The third-order valence-corrected chi connectivity index (χ3v) is 5.04. The zero-order valence-electron chi connectivity index (χ0n) is 14.7. The summed E-state index contributed by atoms with van der Waals surface area (Å²) >= 11 is 0. The molecule has 1 unspecified atom stereocenters. The van der Waals surface area contributed by atoms with E-state index in [1.165, 1.54) is 18.4 Å². The van der Waals surface area contributed by atoms with Crippen LogP contribution in [0.25, 0.3) is 0 Å². The van der Waals surface area contributed by atoms with E-state index in [4.69, 9.17) is 6.42 Å². The molecule has 1 amide bonds. The highest BCUT2D eigenvalue weighted by Gasteiger charge is 2.38. The topological polar surface area (TPSA) is 57.1 Å². The fourth-order valence-corrected chi connectivity index (χ4v) is 3.50. The first-order chi connectivity index (χ1) is 12.2. The molecule has 2 aliphatic heterocycles. The second-order valence-electron chi connectivity index (χ2n) is 6.86. The molecule has 1 aromatic rings. The number of benzene rings is 1. The van der Waals surface area contributed by atoms with Crippen molar-refractivity contribution in [2.45, 2.75) is 50.2 Å². The number of carbonyl (C=O) groups is 1. The number of terminal acetylenes is 1. The lowest BCUT2D eigenvalue weighted by atomic mass is 10.0. The van der Waals surface area contributed by atoms with Crippen molar-refractivity contribution in [3.05, 3.63) is 35.9 Å². The van der Waals surface area contributed by atoms with Gasteiger partial charge in [-0.15, -0.1) is 12.3 Å². The Labute approximate surface area is 149 Å². The number of nitrogens with one attached hydrogen (secondary N) is 1. The van der Waals surface area contributed by atoms with Crippen LogP contribution < -0.4 is 5.32 Å². The highest BCUT2D eigenvalue weighted by molar-refractivity contribution is 5.76. The summed E-state index contributed by atoms with van der Waals surface area (Å²) in [5.74, 6) is 2.72. The van der Waals surface area contributed by atoms with Gasteiger partial charge in [0.15, 0.2) is 5.66 Å². The number of nitrogens with zero attached hydrogens (tertiary/aromatic N) is 3. The minimum absolute atomic E-state index is 0.0912. The van der Waals surface area contributed by atoms with Crippen LogP contribution >= 0.6 is 0 Å². The largest absolute Gasteiger partial charge is 0.356 e. The molecule has 1 fully saturated rings. The number of rotatable bonds is 9. The molecule has 5 heteroatoms. The average Bonchev–Trinajstić information content (AvgIpc) is 3.19. The number of hydrogen-bond acceptors (Lipinski definition) is 4. The molecule has 0 bridgehead atoms. The molecule has 1 N–H and O–H groups in total. The summed E-state index contributed by atoms with van der Waals surface area (Å²) in [6, 6.07) is 10.5. The van der Waals surface area contributed by atoms with E-state index >= 15 is 0 Å². The van der Waals surface area contributed by atoms with E-state index in [1.807, 2.05) is 18.2 Å². The van der Waals surface area contributed by atoms with Crippen molar-refractivity contribution in [3.8, 4) is 12.3 Å². The van der Waals surface area contributed by atoms with Crippen molar-refractivity contribution < 1.29 is 4.79 Å². The Morgan fingerprint density at radius 3 is 2.60 bits per heavy atom. The van der Waals surface area contributed by atoms with Crippen molar-refractivity contribution in [1.29, 1.82) is 0 Å². The molecule has 2 heterocycles. The molecule has 3 rings (SSSR count). The molecule has 2 aliphatic rings. The molecule has 1 aromatic carbocycles. The average molecular weight is 338 g/mol. The van der Waals surface area contributed by atoms with Gasteiger partial charge in [-0.3, -0.25) is 9.69 Å². The van der Waals surface area contributed by atoms with Crippen LogP contribution in [0.3, 0.4) is 0 Å². The van der Waals surface area contributed by atoms with Crippen LogP contribution in [0.2, 0.25) is 0 Å². The number of likely N-dealkylation sites (tertiary alicyclic amines) is 1. The molecule has 1 atom stereocenters. The van der Waals surface area contributed by atoms with E-state index in [9.17, 15) is 4.79 Å². The second kappa shape index (κ2) is 8.26. The van der Waals surface area contributed by atoms with E-state index < -0.39 is 0 Å². The molecular weight excluding hydrogens is 312 g/mol. The Balaban J connectivity index is 1.50. The zero-order chi connectivity index (χ0) is 17.5. The summed E-state index contributed by atoms with van der Waals surface area (Å²) in [6.07, 6.45) is 10.4. The van der Waals surface area contributed by atoms with Crippen LogP contribution in [-0.4, -0.2) is 36.1 Å². The second-order valence-corrected chi connectivity index (χ2v) is 6.86. The molecule has 1 saturated heterocycles. The maximum absolute atomic E-state index is 12.5. The summed E-state index contributed by atoms with van der Waals surface area (Å²) < 4.78 is 0. The first kappa shape index (κ1) is 17.6. The Bertz CT molecular complexity index is 637. The maximum atomic E-state index is 12.5. The summed E-state index contributed by atoms with van der Waals surface area (Å²) in [5, 5.41) is 11.3. The molecule has 5 nitrogen and oxygen atoms in total. The summed E-state index contributed by atoms with van der Waals surface area (Å²) in [4.78, 5) is 14.9. The highest BCUT2D eigenvalue weighted by Crippen LogP contribution is 2.36. The third kappa shape index (κ3) is 4.90. The van der Waals surface area contributed by atoms with Crippen molar-refractivity contribution in [3.63, 3.8) is 0 Å². The van der Waals surface area contributed by atoms with Gasteiger partial charge in [-0.1, -0.05) is 30.3 Å². The van der Waals surface area contributed by atoms with Gasteiger partial charge in [-0.2, -0.15) is 10.2 Å². The zero-order valence-corrected chi connectivity index (χ0v) is 14.7. The fourth-order valence-electron chi connectivity index (χ4n) is 3.50. The minimum Gasteiger partial charge on any atom is -0.356 e. The summed E-state index contributed by atoms with van der Waals surface area (Å²) in [5.41, 5.74) is 0.894. The maximum Gasteiger partial charge on any atom is 0.221 e. The number of amides is 1. The minimum atomic E-state index is -0.326. The standard InChI is InChI=1S/C20H26N4O/c1-2-3-11-20(22-23-20)12-13-21-19(25)16-18(24-14-7-8-15-24)17-9-5-4-6-10-17/h1,4-6,9-10,18H,3,7-8,11-16H2,(H,21,25). The quantitative estimate of drug-likeness (QED) is 0.702. The van der Waals surface area contributed by atoms with Crippen molar-refractivity contribution >= 4 is 5.91 Å². The summed E-state index contributed by atoms with van der Waals surface area (Å²) in [6.45, 7) is 2.73. The van der Waals surface area contributed by atoms with Crippen LogP contribution in [0.4, 0.5) is 0 Å². The lowest BCUT2D eigenvalue weighted by Crippen LogP contribution is -2.34. The first-order valence-electron chi connectivity index (χ1n) is 9.16.